The van der Waals surface area contributed by atoms with Gasteiger partial charge in [-0.2, -0.15) is 5.10 Å². The molecule has 6 nitrogen and oxygen atoms in total. The molecule has 5 aromatic rings. The highest BCUT2D eigenvalue weighted by Gasteiger charge is 2.22. The Bertz CT molecular complexity index is 1500. The van der Waals surface area contributed by atoms with Crippen molar-refractivity contribution in [3.63, 3.8) is 0 Å². The van der Waals surface area contributed by atoms with E-state index in [1.165, 1.54) is 11.1 Å². The van der Waals surface area contributed by atoms with E-state index in [0.717, 1.165) is 17.0 Å². The maximum atomic E-state index is 12.7. The molecule has 0 radical (unpaired) electrons. The van der Waals surface area contributed by atoms with E-state index in [4.69, 9.17) is 9.15 Å². The molecule has 1 amide bonds. The van der Waals surface area contributed by atoms with Gasteiger partial charge in [-0.3, -0.25) is 9.48 Å². The third kappa shape index (κ3) is 5.70. The number of carbonyl (C=O) groups excluding carboxylic acids is 1. The second-order valence-electron chi connectivity index (χ2n) is 9.84. The fourth-order valence-electron chi connectivity index (χ4n) is 4.39. The lowest BCUT2D eigenvalue weighted by Gasteiger charge is -2.26. The molecule has 6 heteroatoms. The monoisotopic (exact) mass is 505 g/mol. The molecule has 3 aromatic carbocycles. The standard InChI is InChI=1S/C32H31N3O3/c1-23-20-30(34-35(23)21-24-10-6-4-7-11-24)33-31(36)29-19-18-28(38-29)22-37-27-16-14-26(15-17-27)32(2,3)25-12-8-5-9-13-25/h4-20H,21-22H2,1-3H3,(H,33,34,36). The van der Waals surface area contributed by atoms with Crippen LogP contribution in [0.3, 0.4) is 0 Å². The smallest absolute Gasteiger partial charge is 0.292 e. The number of carbonyl (C=O) groups is 1. The first-order valence-electron chi connectivity index (χ1n) is 12.7. The maximum Gasteiger partial charge on any atom is 0.292 e. The number of ether oxygens (including phenoxy) is 1. The summed E-state index contributed by atoms with van der Waals surface area (Å²) >= 11 is 0. The van der Waals surface area contributed by atoms with Crippen LogP contribution in [-0.4, -0.2) is 15.7 Å². The lowest BCUT2D eigenvalue weighted by Crippen LogP contribution is -2.18. The molecule has 0 aliphatic carbocycles. The second kappa shape index (κ2) is 10.8. The molecule has 0 atom stereocenters. The highest BCUT2D eigenvalue weighted by atomic mass is 16.5. The van der Waals surface area contributed by atoms with Crippen LogP contribution in [0.15, 0.2) is 108 Å². The van der Waals surface area contributed by atoms with Gasteiger partial charge in [0.25, 0.3) is 5.91 Å². The second-order valence-corrected chi connectivity index (χ2v) is 9.84. The summed E-state index contributed by atoms with van der Waals surface area (Å²) in [6.45, 7) is 7.24. The van der Waals surface area contributed by atoms with Crippen molar-refractivity contribution < 1.29 is 13.9 Å². The Balaban J connectivity index is 1.17. The van der Waals surface area contributed by atoms with Crippen LogP contribution < -0.4 is 10.1 Å². The van der Waals surface area contributed by atoms with Gasteiger partial charge in [-0.1, -0.05) is 86.6 Å². The Kier molecular flexibility index (Phi) is 7.13. The molecule has 0 aliphatic heterocycles. The summed E-state index contributed by atoms with van der Waals surface area (Å²) in [4.78, 5) is 12.7. The molecule has 192 valence electrons. The summed E-state index contributed by atoms with van der Waals surface area (Å²) in [5.74, 6) is 1.64. The molecule has 1 N–H and O–H groups in total. The lowest BCUT2D eigenvalue weighted by atomic mass is 9.78. The Labute approximate surface area is 222 Å². The molecule has 0 aliphatic rings. The lowest BCUT2D eigenvalue weighted by molar-refractivity contribution is 0.0992. The van der Waals surface area contributed by atoms with Crippen molar-refractivity contribution >= 4 is 11.7 Å². The highest BCUT2D eigenvalue weighted by molar-refractivity contribution is 6.01. The van der Waals surface area contributed by atoms with E-state index in [9.17, 15) is 4.79 Å². The van der Waals surface area contributed by atoms with E-state index < -0.39 is 0 Å². The minimum atomic E-state index is -0.354. The number of furan rings is 1. The molecular weight excluding hydrogens is 474 g/mol. The van der Waals surface area contributed by atoms with E-state index in [2.05, 4.69) is 60.7 Å². The minimum absolute atomic E-state index is 0.112. The molecule has 2 aromatic heterocycles. The predicted octanol–water partition coefficient (Wildman–Crippen LogP) is 6.99. The number of rotatable bonds is 9. The molecule has 38 heavy (non-hydrogen) atoms. The molecule has 0 saturated carbocycles. The fourth-order valence-corrected chi connectivity index (χ4v) is 4.39. The van der Waals surface area contributed by atoms with Gasteiger partial charge in [0.05, 0.1) is 6.54 Å². The Morgan fingerprint density at radius 3 is 2.26 bits per heavy atom. The van der Waals surface area contributed by atoms with Crippen molar-refractivity contribution in [3.05, 3.63) is 137 Å². The number of aryl methyl sites for hydroxylation is 1. The van der Waals surface area contributed by atoms with Crippen molar-refractivity contribution in [1.82, 2.24) is 9.78 Å². The molecular formula is C32H31N3O3. The van der Waals surface area contributed by atoms with Gasteiger partial charge >= 0.3 is 0 Å². The SMILES string of the molecule is Cc1cc(NC(=O)c2ccc(COc3ccc(C(C)(C)c4ccccc4)cc3)o2)nn1Cc1ccccc1. The van der Waals surface area contributed by atoms with Crippen LogP contribution in [0.2, 0.25) is 0 Å². The number of benzene rings is 3. The third-order valence-corrected chi connectivity index (χ3v) is 6.74. The van der Waals surface area contributed by atoms with Crippen LogP contribution in [0.1, 0.15) is 52.5 Å². The molecule has 5 rings (SSSR count). The van der Waals surface area contributed by atoms with Crippen molar-refractivity contribution in [3.8, 4) is 5.75 Å². The fraction of sp³-hybridized carbons (Fsp3) is 0.188. The topological polar surface area (TPSA) is 69.3 Å². The highest BCUT2D eigenvalue weighted by Crippen LogP contribution is 2.32. The van der Waals surface area contributed by atoms with Gasteiger partial charge in [-0.15, -0.1) is 0 Å². The van der Waals surface area contributed by atoms with Crippen LogP contribution in [0, 0.1) is 6.92 Å². The van der Waals surface area contributed by atoms with Crippen molar-refractivity contribution in [2.75, 3.05) is 5.32 Å². The number of amides is 1. The summed E-state index contributed by atoms with van der Waals surface area (Å²) in [6.07, 6.45) is 0. The van der Waals surface area contributed by atoms with Crippen molar-refractivity contribution in [2.24, 2.45) is 0 Å². The predicted molar refractivity (Wildman–Crippen MR) is 149 cm³/mol. The minimum Gasteiger partial charge on any atom is -0.486 e. The average Bonchev–Trinajstić information content (AvgIpc) is 3.55. The summed E-state index contributed by atoms with van der Waals surface area (Å²) in [7, 11) is 0. The van der Waals surface area contributed by atoms with E-state index in [-0.39, 0.29) is 23.7 Å². The number of hydrogen-bond donors (Lipinski definition) is 1. The van der Waals surface area contributed by atoms with Crippen molar-refractivity contribution in [2.45, 2.75) is 39.3 Å². The van der Waals surface area contributed by atoms with Gasteiger partial charge in [0.1, 0.15) is 18.1 Å². The molecule has 2 heterocycles. The Hall–Kier alpha value is -4.58. The first-order chi connectivity index (χ1) is 18.4. The summed E-state index contributed by atoms with van der Waals surface area (Å²) in [5, 5.41) is 7.34. The van der Waals surface area contributed by atoms with E-state index >= 15 is 0 Å². The quantitative estimate of drug-likeness (QED) is 0.234. The van der Waals surface area contributed by atoms with Crippen LogP contribution >= 0.6 is 0 Å². The Morgan fingerprint density at radius 1 is 0.895 bits per heavy atom. The van der Waals surface area contributed by atoms with Gasteiger partial charge in [0.15, 0.2) is 11.6 Å². The van der Waals surface area contributed by atoms with E-state index in [1.54, 1.807) is 12.1 Å². The number of aromatic nitrogens is 2. The van der Waals surface area contributed by atoms with Crippen LogP contribution in [0.5, 0.6) is 5.75 Å². The van der Waals surface area contributed by atoms with Gasteiger partial charge in [-0.25, -0.2) is 0 Å². The van der Waals surface area contributed by atoms with Gasteiger partial charge in [-0.05, 0) is 47.9 Å². The molecule has 0 saturated heterocycles. The van der Waals surface area contributed by atoms with Crippen LogP contribution in [0.25, 0.3) is 0 Å². The van der Waals surface area contributed by atoms with Gasteiger partial charge in [0.2, 0.25) is 0 Å². The number of anilines is 1. The molecule has 0 fully saturated rings. The number of nitrogens with one attached hydrogen (secondary N) is 1. The third-order valence-electron chi connectivity index (χ3n) is 6.74. The van der Waals surface area contributed by atoms with Crippen molar-refractivity contribution in [1.29, 1.82) is 0 Å². The summed E-state index contributed by atoms with van der Waals surface area (Å²) in [6, 6.07) is 33.9. The Morgan fingerprint density at radius 2 is 1.55 bits per heavy atom. The van der Waals surface area contributed by atoms with Crippen LogP contribution in [-0.2, 0) is 18.6 Å². The zero-order valence-corrected chi connectivity index (χ0v) is 21.8. The summed E-state index contributed by atoms with van der Waals surface area (Å²) in [5.41, 5.74) is 4.44. The zero-order valence-electron chi connectivity index (χ0n) is 21.8. The van der Waals surface area contributed by atoms with E-state index in [1.807, 2.05) is 66.2 Å². The first-order valence-corrected chi connectivity index (χ1v) is 12.7. The summed E-state index contributed by atoms with van der Waals surface area (Å²) < 4.78 is 13.5. The van der Waals surface area contributed by atoms with Gasteiger partial charge in [0, 0.05) is 17.2 Å². The number of nitrogens with zero attached hydrogens (tertiary/aromatic N) is 2. The van der Waals surface area contributed by atoms with Gasteiger partial charge < -0.3 is 14.5 Å². The average molecular weight is 506 g/mol. The number of hydrogen-bond acceptors (Lipinski definition) is 4. The van der Waals surface area contributed by atoms with E-state index in [0.29, 0.717) is 18.1 Å². The first kappa shape index (κ1) is 25.1. The maximum absolute atomic E-state index is 12.7. The molecule has 0 bridgehead atoms. The molecule has 0 unspecified atom stereocenters. The molecule has 0 spiro atoms. The van der Waals surface area contributed by atoms with Crippen LogP contribution in [0.4, 0.5) is 5.82 Å². The normalized spacial score (nSPS) is 11.3. The zero-order chi connectivity index (χ0) is 26.5. The largest absolute Gasteiger partial charge is 0.486 e.